The number of hydrogen-bond donors (Lipinski definition) is 2. The fourth-order valence-corrected chi connectivity index (χ4v) is 1.80. The molecule has 0 aliphatic heterocycles. The number of carbonyl (C=O) groups excluding carboxylic acids is 1. The highest BCUT2D eigenvalue weighted by Gasteiger charge is 2.01. The topological polar surface area (TPSA) is 58.6 Å². The van der Waals surface area contributed by atoms with Crippen LogP contribution in [0.3, 0.4) is 0 Å². The molecular formula is C16H25NO3. The molecule has 0 saturated carbocycles. The van der Waals surface area contributed by atoms with Crippen LogP contribution in [-0.4, -0.2) is 30.8 Å². The number of aryl methyl sites for hydroxylation is 1. The van der Waals surface area contributed by atoms with Crippen LogP contribution in [0.5, 0.6) is 5.75 Å². The van der Waals surface area contributed by atoms with Gasteiger partial charge in [0, 0.05) is 13.2 Å². The van der Waals surface area contributed by atoms with E-state index in [4.69, 9.17) is 9.84 Å². The summed E-state index contributed by atoms with van der Waals surface area (Å²) in [5.41, 5.74) is 1.19. The molecule has 0 unspecified atom stereocenters. The largest absolute Gasteiger partial charge is 0.493 e. The van der Waals surface area contributed by atoms with Crippen LogP contribution in [0.15, 0.2) is 24.3 Å². The molecule has 0 aromatic heterocycles. The van der Waals surface area contributed by atoms with Gasteiger partial charge in [0.05, 0.1) is 13.0 Å². The van der Waals surface area contributed by atoms with E-state index in [0.717, 1.165) is 31.4 Å². The molecule has 4 heteroatoms. The van der Waals surface area contributed by atoms with E-state index in [9.17, 15) is 4.79 Å². The quantitative estimate of drug-likeness (QED) is 0.647. The molecule has 1 amide bonds. The van der Waals surface area contributed by atoms with Crippen molar-refractivity contribution in [3.63, 3.8) is 0 Å². The maximum absolute atomic E-state index is 11.5. The SMILES string of the molecule is Cc1ccc(OCCC(=O)NCCCCCCO)cc1. The minimum atomic E-state index is 0.0271. The van der Waals surface area contributed by atoms with Crippen LogP contribution in [0, 0.1) is 6.92 Å². The smallest absolute Gasteiger partial charge is 0.223 e. The summed E-state index contributed by atoms with van der Waals surface area (Å²) in [5.74, 6) is 0.826. The Morgan fingerprint density at radius 2 is 1.85 bits per heavy atom. The van der Waals surface area contributed by atoms with Gasteiger partial charge in [0.15, 0.2) is 0 Å². The number of aliphatic hydroxyl groups excluding tert-OH is 1. The first-order valence-corrected chi connectivity index (χ1v) is 7.29. The van der Waals surface area contributed by atoms with E-state index in [0.29, 0.717) is 19.6 Å². The summed E-state index contributed by atoms with van der Waals surface area (Å²) in [6.07, 6.45) is 4.25. The van der Waals surface area contributed by atoms with E-state index >= 15 is 0 Å². The molecule has 112 valence electrons. The highest BCUT2D eigenvalue weighted by Crippen LogP contribution is 2.11. The molecule has 2 N–H and O–H groups in total. The first-order chi connectivity index (χ1) is 9.72. The van der Waals surface area contributed by atoms with Crippen LogP contribution >= 0.6 is 0 Å². The molecule has 0 aliphatic carbocycles. The fraction of sp³-hybridized carbons (Fsp3) is 0.562. The van der Waals surface area contributed by atoms with Gasteiger partial charge in [0.25, 0.3) is 0 Å². The Balaban J connectivity index is 2.01. The predicted molar refractivity (Wildman–Crippen MR) is 79.9 cm³/mol. The second-order valence-electron chi connectivity index (χ2n) is 4.90. The van der Waals surface area contributed by atoms with Gasteiger partial charge in [0.2, 0.25) is 5.91 Å². The maximum atomic E-state index is 11.5. The van der Waals surface area contributed by atoms with Gasteiger partial charge in [-0.3, -0.25) is 4.79 Å². The summed E-state index contributed by atoms with van der Waals surface area (Å²) in [7, 11) is 0. The molecule has 0 fully saturated rings. The fourth-order valence-electron chi connectivity index (χ4n) is 1.80. The van der Waals surface area contributed by atoms with Crippen molar-refractivity contribution in [1.29, 1.82) is 0 Å². The minimum Gasteiger partial charge on any atom is -0.493 e. The highest BCUT2D eigenvalue weighted by molar-refractivity contribution is 5.75. The lowest BCUT2D eigenvalue weighted by Gasteiger charge is -2.07. The van der Waals surface area contributed by atoms with E-state index in [1.165, 1.54) is 5.56 Å². The van der Waals surface area contributed by atoms with Gasteiger partial charge in [-0.2, -0.15) is 0 Å². The van der Waals surface area contributed by atoms with Gasteiger partial charge in [-0.15, -0.1) is 0 Å². The number of carbonyl (C=O) groups is 1. The molecule has 1 rings (SSSR count). The van der Waals surface area contributed by atoms with Gasteiger partial charge in [-0.1, -0.05) is 30.5 Å². The Kier molecular flexibility index (Phi) is 8.47. The van der Waals surface area contributed by atoms with Gasteiger partial charge >= 0.3 is 0 Å². The van der Waals surface area contributed by atoms with E-state index in [2.05, 4.69) is 5.32 Å². The van der Waals surface area contributed by atoms with Crippen molar-refractivity contribution in [1.82, 2.24) is 5.32 Å². The molecular weight excluding hydrogens is 254 g/mol. The lowest BCUT2D eigenvalue weighted by molar-refractivity contribution is -0.121. The van der Waals surface area contributed by atoms with Crippen LogP contribution in [0.25, 0.3) is 0 Å². The van der Waals surface area contributed by atoms with Crippen LogP contribution in [0.4, 0.5) is 0 Å². The average molecular weight is 279 g/mol. The number of rotatable bonds is 10. The summed E-state index contributed by atoms with van der Waals surface area (Å²) >= 11 is 0. The zero-order valence-corrected chi connectivity index (χ0v) is 12.2. The molecule has 1 aromatic rings. The van der Waals surface area contributed by atoms with Crippen molar-refractivity contribution >= 4 is 5.91 Å². The number of benzene rings is 1. The average Bonchev–Trinajstić information content (AvgIpc) is 2.45. The predicted octanol–water partition coefficient (Wildman–Crippen LogP) is 2.43. The number of aliphatic hydroxyl groups is 1. The van der Waals surface area contributed by atoms with Gasteiger partial charge in [-0.25, -0.2) is 0 Å². The number of hydrogen-bond acceptors (Lipinski definition) is 3. The molecule has 0 bridgehead atoms. The number of nitrogens with one attached hydrogen (secondary N) is 1. The monoisotopic (exact) mass is 279 g/mol. The summed E-state index contributed by atoms with van der Waals surface area (Å²) in [6, 6.07) is 7.80. The third-order valence-electron chi connectivity index (χ3n) is 3.03. The molecule has 20 heavy (non-hydrogen) atoms. The second-order valence-corrected chi connectivity index (χ2v) is 4.90. The first kappa shape index (κ1) is 16.5. The standard InChI is InChI=1S/C16H25NO3/c1-14-6-8-15(9-7-14)20-13-10-16(19)17-11-4-2-3-5-12-18/h6-9,18H,2-5,10-13H2,1H3,(H,17,19). The van der Waals surface area contributed by atoms with Gasteiger partial charge < -0.3 is 15.2 Å². The van der Waals surface area contributed by atoms with Crippen molar-refractivity contribution in [2.75, 3.05) is 19.8 Å². The van der Waals surface area contributed by atoms with E-state index < -0.39 is 0 Å². The summed E-state index contributed by atoms with van der Waals surface area (Å²) in [4.78, 5) is 11.5. The minimum absolute atomic E-state index is 0.0271. The van der Waals surface area contributed by atoms with Crippen molar-refractivity contribution in [2.24, 2.45) is 0 Å². The molecule has 4 nitrogen and oxygen atoms in total. The molecule has 0 aliphatic rings. The highest BCUT2D eigenvalue weighted by atomic mass is 16.5. The summed E-state index contributed by atoms with van der Waals surface area (Å²) in [5, 5.41) is 11.5. The Labute approximate surface area is 121 Å². The van der Waals surface area contributed by atoms with Crippen molar-refractivity contribution in [3.8, 4) is 5.75 Å². The lowest BCUT2D eigenvalue weighted by Crippen LogP contribution is -2.25. The Morgan fingerprint density at radius 3 is 2.55 bits per heavy atom. The Bertz CT molecular complexity index is 376. The van der Waals surface area contributed by atoms with Crippen molar-refractivity contribution in [2.45, 2.75) is 39.0 Å². The van der Waals surface area contributed by atoms with E-state index in [-0.39, 0.29) is 12.5 Å². The van der Waals surface area contributed by atoms with Crippen LogP contribution < -0.4 is 10.1 Å². The third kappa shape index (κ3) is 7.79. The molecule has 1 aromatic carbocycles. The normalized spacial score (nSPS) is 10.3. The van der Waals surface area contributed by atoms with E-state index in [1.807, 2.05) is 31.2 Å². The number of amides is 1. The number of unbranched alkanes of at least 4 members (excludes halogenated alkanes) is 3. The molecule has 0 saturated heterocycles. The molecule has 0 heterocycles. The van der Waals surface area contributed by atoms with E-state index in [1.54, 1.807) is 0 Å². The molecule has 0 atom stereocenters. The van der Waals surface area contributed by atoms with Crippen LogP contribution in [0.1, 0.15) is 37.7 Å². The van der Waals surface area contributed by atoms with Crippen LogP contribution in [0.2, 0.25) is 0 Å². The Morgan fingerprint density at radius 1 is 1.15 bits per heavy atom. The lowest BCUT2D eigenvalue weighted by atomic mass is 10.2. The van der Waals surface area contributed by atoms with Crippen molar-refractivity contribution in [3.05, 3.63) is 29.8 Å². The van der Waals surface area contributed by atoms with Gasteiger partial charge in [-0.05, 0) is 31.9 Å². The maximum Gasteiger partial charge on any atom is 0.223 e. The van der Waals surface area contributed by atoms with Crippen LogP contribution in [-0.2, 0) is 4.79 Å². The number of ether oxygens (including phenoxy) is 1. The third-order valence-corrected chi connectivity index (χ3v) is 3.03. The van der Waals surface area contributed by atoms with Crippen molar-refractivity contribution < 1.29 is 14.6 Å². The summed E-state index contributed by atoms with van der Waals surface area (Å²) < 4.78 is 5.50. The molecule has 0 spiro atoms. The zero-order valence-electron chi connectivity index (χ0n) is 12.2. The Hall–Kier alpha value is -1.55. The van der Waals surface area contributed by atoms with Gasteiger partial charge in [0.1, 0.15) is 5.75 Å². The zero-order chi connectivity index (χ0) is 14.6. The second kappa shape index (κ2) is 10.3. The first-order valence-electron chi connectivity index (χ1n) is 7.29. The summed E-state index contributed by atoms with van der Waals surface area (Å²) in [6.45, 7) is 3.38. The molecule has 0 radical (unpaired) electrons.